The number of aromatic amines is 1. The fraction of sp³-hybridized carbons (Fsp3) is 0.320. The number of pyridine rings is 2. The number of rotatable bonds is 8. The maximum atomic E-state index is 9.04. The summed E-state index contributed by atoms with van der Waals surface area (Å²) in [6.07, 6.45) is 4.60. The van der Waals surface area contributed by atoms with Gasteiger partial charge in [-0.3, -0.25) is 10.1 Å². The normalized spacial score (nSPS) is 15.7. The Kier molecular flexibility index (Phi) is 6.55. The standard InChI is InChI=1S/C25H26Cl2N6O2/c1-15(23-19(26)11-28-12-20(23)27)35-17-4-5-21-18(9-17)24(32-31-21)16-3-6-22(29-10-16)33-13-25(2,14-33)30-7-8-34/h3-6,9-12,15,30,34H,7-8,13-14H2,1-2H3,(H,31,32)/t15-/m1/s1. The zero-order valence-corrected chi connectivity index (χ0v) is 20.9. The van der Waals surface area contributed by atoms with E-state index in [0.717, 1.165) is 41.1 Å². The van der Waals surface area contributed by atoms with Gasteiger partial charge in [0.05, 0.1) is 27.7 Å². The maximum absolute atomic E-state index is 9.04. The third-order valence-electron chi connectivity index (χ3n) is 6.23. The van der Waals surface area contributed by atoms with Gasteiger partial charge < -0.3 is 20.1 Å². The molecule has 1 saturated heterocycles. The summed E-state index contributed by atoms with van der Waals surface area (Å²) in [5, 5.41) is 21.9. The van der Waals surface area contributed by atoms with Crippen LogP contribution in [0.2, 0.25) is 10.0 Å². The highest BCUT2D eigenvalue weighted by atomic mass is 35.5. The summed E-state index contributed by atoms with van der Waals surface area (Å²) in [7, 11) is 0. The Balaban J connectivity index is 1.34. The van der Waals surface area contributed by atoms with Crippen molar-refractivity contribution < 1.29 is 9.84 Å². The van der Waals surface area contributed by atoms with Crippen molar-refractivity contribution in [1.29, 1.82) is 0 Å². The molecule has 5 rings (SSSR count). The monoisotopic (exact) mass is 512 g/mol. The smallest absolute Gasteiger partial charge is 0.128 e. The molecule has 1 aliphatic rings. The van der Waals surface area contributed by atoms with Crippen LogP contribution in [0, 0.1) is 0 Å². The second-order valence-electron chi connectivity index (χ2n) is 9.03. The van der Waals surface area contributed by atoms with Gasteiger partial charge in [-0.25, -0.2) is 4.98 Å². The van der Waals surface area contributed by atoms with Crippen LogP contribution >= 0.6 is 23.2 Å². The fourth-order valence-electron chi connectivity index (χ4n) is 4.50. The first-order valence-electron chi connectivity index (χ1n) is 11.4. The van der Waals surface area contributed by atoms with Crippen molar-refractivity contribution in [2.75, 3.05) is 31.1 Å². The zero-order valence-electron chi connectivity index (χ0n) is 19.4. The zero-order chi connectivity index (χ0) is 24.6. The molecule has 1 aromatic carbocycles. The van der Waals surface area contributed by atoms with Crippen LogP contribution in [0.25, 0.3) is 22.2 Å². The molecule has 0 spiro atoms. The van der Waals surface area contributed by atoms with Crippen LogP contribution in [0.1, 0.15) is 25.5 Å². The number of hydrogen-bond donors (Lipinski definition) is 3. The molecule has 0 bridgehead atoms. The Hall–Kier alpha value is -2.91. The van der Waals surface area contributed by atoms with Crippen LogP contribution in [-0.2, 0) is 0 Å². The molecular weight excluding hydrogens is 487 g/mol. The van der Waals surface area contributed by atoms with E-state index in [-0.39, 0.29) is 18.2 Å². The molecule has 4 aromatic rings. The summed E-state index contributed by atoms with van der Waals surface area (Å²) in [5.41, 5.74) is 3.31. The van der Waals surface area contributed by atoms with Crippen LogP contribution in [0.4, 0.5) is 5.82 Å². The lowest BCUT2D eigenvalue weighted by Crippen LogP contribution is -2.68. The number of aliphatic hydroxyl groups excluding tert-OH is 1. The van der Waals surface area contributed by atoms with E-state index < -0.39 is 0 Å². The average Bonchev–Trinajstić information content (AvgIpc) is 3.24. The minimum atomic E-state index is -0.360. The summed E-state index contributed by atoms with van der Waals surface area (Å²) in [6, 6.07) is 9.82. The summed E-state index contributed by atoms with van der Waals surface area (Å²) in [5.74, 6) is 1.59. The van der Waals surface area contributed by atoms with Crippen LogP contribution in [0.3, 0.4) is 0 Å². The maximum Gasteiger partial charge on any atom is 0.128 e. The third-order valence-corrected chi connectivity index (χ3v) is 6.83. The molecule has 1 atom stereocenters. The molecule has 1 fully saturated rings. The van der Waals surface area contributed by atoms with Crippen molar-refractivity contribution in [2.45, 2.75) is 25.5 Å². The van der Waals surface area contributed by atoms with Gasteiger partial charge in [0.25, 0.3) is 0 Å². The van der Waals surface area contributed by atoms with Gasteiger partial charge in [0.1, 0.15) is 23.4 Å². The molecule has 0 aliphatic carbocycles. The van der Waals surface area contributed by atoms with Gasteiger partial charge in [0, 0.05) is 54.7 Å². The second-order valence-corrected chi connectivity index (χ2v) is 9.84. The van der Waals surface area contributed by atoms with E-state index in [4.69, 9.17) is 33.0 Å². The predicted octanol–water partition coefficient (Wildman–Crippen LogP) is 4.63. The number of β-amino-alcohol motifs (C(OH)–C–C–N with tert-alkyl or cyclic N) is 1. The average molecular weight is 513 g/mol. The number of nitrogens with one attached hydrogen (secondary N) is 2. The third kappa shape index (κ3) is 4.79. The molecule has 8 nitrogen and oxygen atoms in total. The Labute approximate surface area is 213 Å². The summed E-state index contributed by atoms with van der Waals surface area (Å²) in [4.78, 5) is 10.9. The Morgan fingerprint density at radius 3 is 2.63 bits per heavy atom. The summed E-state index contributed by atoms with van der Waals surface area (Å²) < 4.78 is 6.17. The molecule has 3 N–H and O–H groups in total. The van der Waals surface area contributed by atoms with E-state index in [1.165, 1.54) is 0 Å². The summed E-state index contributed by atoms with van der Waals surface area (Å²) >= 11 is 12.6. The van der Waals surface area contributed by atoms with E-state index in [0.29, 0.717) is 27.9 Å². The highest BCUT2D eigenvalue weighted by Crippen LogP contribution is 2.35. The van der Waals surface area contributed by atoms with Gasteiger partial charge in [-0.2, -0.15) is 5.10 Å². The van der Waals surface area contributed by atoms with E-state index in [9.17, 15) is 0 Å². The lowest BCUT2D eigenvalue weighted by molar-refractivity contribution is 0.227. The Bertz CT molecular complexity index is 1320. The highest BCUT2D eigenvalue weighted by Gasteiger charge is 2.38. The van der Waals surface area contributed by atoms with Crippen LogP contribution in [0.15, 0.2) is 48.9 Å². The van der Waals surface area contributed by atoms with E-state index in [1.54, 1.807) is 12.4 Å². The SMILES string of the molecule is C[C@@H](Oc1ccc2[nH]nc(-c3ccc(N4CC(C)(NCCO)C4)nc3)c2c1)c1c(Cl)cncc1Cl. The number of halogens is 2. The lowest BCUT2D eigenvalue weighted by Gasteiger charge is -2.49. The fourth-order valence-corrected chi connectivity index (χ4v) is 5.17. The van der Waals surface area contributed by atoms with Crippen LogP contribution in [-0.4, -0.2) is 57.1 Å². The van der Waals surface area contributed by atoms with E-state index in [2.05, 4.69) is 37.3 Å². The number of benzene rings is 1. The molecule has 1 aliphatic heterocycles. The lowest BCUT2D eigenvalue weighted by atomic mass is 9.92. The largest absolute Gasteiger partial charge is 0.486 e. The van der Waals surface area contributed by atoms with Crippen LogP contribution < -0.4 is 15.0 Å². The number of hydrogen-bond acceptors (Lipinski definition) is 7. The van der Waals surface area contributed by atoms with E-state index >= 15 is 0 Å². The number of anilines is 1. The predicted molar refractivity (Wildman–Crippen MR) is 138 cm³/mol. The Morgan fingerprint density at radius 2 is 1.94 bits per heavy atom. The second kappa shape index (κ2) is 9.62. The molecule has 0 saturated carbocycles. The molecule has 0 unspecified atom stereocenters. The molecule has 3 aromatic heterocycles. The van der Waals surface area contributed by atoms with Crippen molar-refractivity contribution in [3.63, 3.8) is 0 Å². The number of aromatic nitrogens is 4. The van der Waals surface area contributed by atoms with Gasteiger partial charge in [-0.15, -0.1) is 0 Å². The van der Waals surface area contributed by atoms with Gasteiger partial charge in [0.2, 0.25) is 0 Å². The molecule has 182 valence electrons. The summed E-state index contributed by atoms with van der Waals surface area (Å²) in [6.45, 7) is 6.47. The van der Waals surface area contributed by atoms with Crippen LogP contribution in [0.5, 0.6) is 5.75 Å². The number of fused-ring (bicyclic) bond motifs is 1. The Morgan fingerprint density at radius 1 is 1.17 bits per heavy atom. The van der Waals surface area contributed by atoms with Gasteiger partial charge >= 0.3 is 0 Å². The highest BCUT2D eigenvalue weighted by molar-refractivity contribution is 6.35. The van der Waals surface area contributed by atoms with E-state index in [1.807, 2.05) is 43.5 Å². The topological polar surface area (TPSA) is 99.2 Å². The van der Waals surface area contributed by atoms with Crippen molar-refractivity contribution >= 4 is 39.9 Å². The van der Waals surface area contributed by atoms with Crippen molar-refractivity contribution in [3.05, 3.63) is 64.5 Å². The first-order chi connectivity index (χ1) is 16.9. The minimum absolute atomic E-state index is 0.000265. The number of ether oxygens (including phenoxy) is 1. The van der Waals surface area contributed by atoms with Gasteiger partial charge in [-0.05, 0) is 44.2 Å². The first kappa shape index (κ1) is 23.8. The molecule has 0 radical (unpaired) electrons. The minimum Gasteiger partial charge on any atom is -0.486 e. The van der Waals surface area contributed by atoms with Gasteiger partial charge in [-0.1, -0.05) is 23.2 Å². The molecule has 35 heavy (non-hydrogen) atoms. The quantitative estimate of drug-likeness (QED) is 0.316. The number of aliphatic hydroxyl groups is 1. The molecule has 4 heterocycles. The molecule has 10 heteroatoms. The number of H-pyrrole nitrogens is 1. The van der Waals surface area contributed by atoms with Crippen molar-refractivity contribution in [2.24, 2.45) is 0 Å². The van der Waals surface area contributed by atoms with Crippen molar-refractivity contribution in [3.8, 4) is 17.0 Å². The number of nitrogens with zero attached hydrogens (tertiary/aromatic N) is 4. The first-order valence-corrected chi connectivity index (χ1v) is 12.1. The van der Waals surface area contributed by atoms with Crippen molar-refractivity contribution in [1.82, 2.24) is 25.5 Å². The molecule has 0 amide bonds. The molecular formula is C25H26Cl2N6O2. The van der Waals surface area contributed by atoms with Gasteiger partial charge in [0.15, 0.2) is 0 Å².